The van der Waals surface area contributed by atoms with Gasteiger partial charge in [0.15, 0.2) is 0 Å². The number of hydrazine groups is 1. The number of nitrogens with one attached hydrogen (secondary N) is 1. The molecule has 0 aliphatic rings. The Kier molecular flexibility index (Phi) is 4.01. The summed E-state index contributed by atoms with van der Waals surface area (Å²) in [4.78, 5) is 8.87. The van der Waals surface area contributed by atoms with Crippen LogP contribution in [0.5, 0.6) is 0 Å². The molecule has 0 aliphatic carbocycles. The Bertz CT molecular complexity index is 768. The van der Waals surface area contributed by atoms with Gasteiger partial charge in [-0.05, 0) is 39.7 Å². The smallest absolute Gasteiger partial charge is 0.111 e. The highest BCUT2D eigenvalue weighted by atomic mass is 79.9. The lowest BCUT2D eigenvalue weighted by molar-refractivity contribution is 0.530. The average molecular weight is 346 g/mol. The molecule has 0 saturated heterocycles. The zero-order chi connectivity index (χ0) is 14.8. The van der Waals surface area contributed by atoms with Crippen LogP contribution in [0.3, 0.4) is 0 Å². The molecule has 108 valence electrons. The summed E-state index contributed by atoms with van der Waals surface area (Å²) < 4.78 is 3.04. The molecule has 0 bridgehead atoms. The summed E-state index contributed by atoms with van der Waals surface area (Å²) in [6.45, 7) is 0. The van der Waals surface area contributed by atoms with Crippen molar-refractivity contribution >= 4 is 27.0 Å². The first kappa shape index (κ1) is 14.2. The highest BCUT2D eigenvalue weighted by molar-refractivity contribution is 9.10. The fourth-order valence-electron chi connectivity index (χ4n) is 2.45. The first-order valence-corrected chi connectivity index (χ1v) is 7.45. The summed E-state index contributed by atoms with van der Waals surface area (Å²) >= 11 is 3.44. The molecule has 0 saturated carbocycles. The van der Waals surface area contributed by atoms with Crippen LogP contribution in [-0.2, 0) is 13.5 Å². The van der Waals surface area contributed by atoms with Crippen molar-refractivity contribution < 1.29 is 0 Å². The highest BCUT2D eigenvalue weighted by Crippen LogP contribution is 2.22. The molecule has 5 nitrogen and oxygen atoms in total. The predicted molar refractivity (Wildman–Crippen MR) is 86.4 cm³/mol. The van der Waals surface area contributed by atoms with E-state index in [2.05, 4.69) is 42.0 Å². The quantitative estimate of drug-likeness (QED) is 0.563. The van der Waals surface area contributed by atoms with Crippen molar-refractivity contribution in [2.24, 2.45) is 12.9 Å². The second-order valence-corrected chi connectivity index (χ2v) is 5.85. The molecular formula is C15H16BrN5. The van der Waals surface area contributed by atoms with Crippen molar-refractivity contribution in [3.05, 3.63) is 58.6 Å². The number of rotatable bonds is 4. The van der Waals surface area contributed by atoms with E-state index >= 15 is 0 Å². The first-order valence-electron chi connectivity index (χ1n) is 6.66. The number of benzene rings is 1. The molecule has 3 N–H and O–H groups in total. The number of hydrogen-bond acceptors (Lipinski definition) is 4. The molecule has 0 aliphatic heterocycles. The third kappa shape index (κ3) is 2.83. The van der Waals surface area contributed by atoms with Gasteiger partial charge in [0, 0.05) is 30.3 Å². The van der Waals surface area contributed by atoms with E-state index < -0.39 is 0 Å². The Morgan fingerprint density at radius 1 is 1.33 bits per heavy atom. The molecule has 0 spiro atoms. The van der Waals surface area contributed by atoms with E-state index in [1.54, 1.807) is 6.20 Å². The summed E-state index contributed by atoms with van der Waals surface area (Å²) in [5.74, 6) is 6.70. The van der Waals surface area contributed by atoms with Gasteiger partial charge in [-0.2, -0.15) is 0 Å². The molecule has 1 atom stereocenters. The van der Waals surface area contributed by atoms with Crippen LogP contribution in [-0.4, -0.2) is 14.5 Å². The third-order valence-electron chi connectivity index (χ3n) is 3.60. The van der Waals surface area contributed by atoms with E-state index in [-0.39, 0.29) is 6.04 Å². The van der Waals surface area contributed by atoms with Crippen molar-refractivity contribution in [3.8, 4) is 0 Å². The topological polar surface area (TPSA) is 68.8 Å². The molecule has 0 fully saturated rings. The summed E-state index contributed by atoms with van der Waals surface area (Å²) in [5.41, 5.74) is 6.00. The summed E-state index contributed by atoms with van der Waals surface area (Å²) in [7, 11) is 2.03. The minimum atomic E-state index is -0.0366. The molecule has 1 aromatic carbocycles. The van der Waals surface area contributed by atoms with E-state index in [9.17, 15) is 0 Å². The SMILES string of the molecule is Cn1c(CC(NN)c2cncc(Br)c2)nc2ccccc21. The van der Waals surface area contributed by atoms with Crippen LogP contribution in [0.1, 0.15) is 17.4 Å². The maximum absolute atomic E-state index is 5.72. The zero-order valence-electron chi connectivity index (χ0n) is 11.6. The number of para-hydroxylation sites is 2. The number of halogens is 1. The Morgan fingerprint density at radius 3 is 2.86 bits per heavy atom. The number of imidazole rings is 1. The summed E-state index contributed by atoms with van der Waals surface area (Å²) in [6, 6.07) is 10.1. The number of aryl methyl sites for hydroxylation is 1. The van der Waals surface area contributed by atoms with Gasteiger partial charge in [0.25, 0.3) is 0 Å². The van der Waals surface area contributed by atoms with Gasteiger partial charge in [0.1, 0.15) is 5.82 Å². The Morgan fingerprint density at radius 2 is 2.14 bits per heavy atom. The lowest BCUT2D eigenvalue weighted by Crippen LogP contribution is -2.30. The largest absolute Gasteiger partial charge is 0.331 e. The van der Waals surface area contributed by atoms with Gasteiger partial charge in [0.05, 0.1) is 17.1 Å². The number of hydrogen-bond donors (Lipinski definition) is 2. The molecule has 1 unspecified atom stereocenters. The zero-order valence-corrected chi connectivity index (χ0v) is 13.2. The second-order valence-electron chi connectivity index (χ2n) is 4.94. The van der Waals surface area contributed by atoms with Crippen molar-refractivity contribution in [2.75, 3.05) is 0 Å². The van der Waals surface area contributed by atoms with Crippen LogP contribution >= 0.6 is 15.9 Å². The van der Waals surface area contributed by atoms with E-state index in [0.717, 1.165) is 26.9 Å². The lowest BCUT2D eigenvalue weighted by atomic mass is 10.1. The molecule has 6 heteroatoms. The van der Waals surface area contributed by atoms with Crippen LogP contribution in [0, 0.1) is 0 Å². The molecule has 2 aromatic heterocycles. The summed E-state index contributed by atoms with van der Waals surface area (Å²) in [5, 5.41) is 0. The second kappa shape index (κ2) is 5.93. The van der Waals surface area contributed by atoms with Crippen LogP contribution in [0.15, 0.2) is 47.2 Å². The van der Waals surface area contributed by atoms with Crippen LogP contribution in [0.2, 0.25) is 0 Å². The Labute approximate surface area is 131 Å². The minimum Gasteiger partial charge on any atom is -0.331 e. The van der Waals surface area contributed by atoms with Crippen molar-refractivity contribution in [2.45, 2.75) is 12.5 Å². The van der Waals surface area contributed by atoms with Gasteiger partial charge in [0.2, 0.25) is 0 Å². The van der Waals surface area contributed by atoms with Crippen molar-refractivity contribution in [1.82, 2.24) is 20.0 Å². The number of nitrogens with zero attached hydrogens (tertiary/aromatic N) is 3. The fourth-order valence-corrected chi connectivity index (χ4v) is 2.83. The minimum absolute atomic E-state index is 0.0366. The van der Waals surface area contributed by atoms with Crippen molar-refractivity contribution in [1.29, 1.82) is 0 Å². The normalized spacial score (nSPS) is 12.7. The molecule has 2 heterocycles. The van der Waals surface area contributed by atoms with Crippen LogP contribution in [0.25, 0.3) is 11.0 Å². The van der Waals surface area contributed by atoms with Crippen LogP contribution < -0.4 is 11.3 Å². The number of aromatic nitrogens is 3. The van der Waals surface area contributed by atoms with Gasteiger partial charge in [-0.25, -0.2) is 4.98 Å². The van der Waals surface area contributed by atoms with Crippen LogP contribution in [0.4, 0.5) is 0 Å². The van der Waals surface area contributed by atoms with E-state index in [0.29, 0.717) is 6.42 Å². The molecule has 0 radical (unpaired) electrons. The molecular weight excluding hydrogens is 330 g/mol. The lowest BCUT2D eigenvalue weighted by Gasteiger charge is -2.16. The van der Waals surface area contributed by atoms with Gasteiger partial charge in [-0.1, -0.05) is 12.1 Å². The third-order valence-corrected chi connectivity index (χ3v) is 4.03. The number of fused-ring (bicyclic) bond motifs is 1. The highest BCUT2D eigenvalue weighted by Gasteiger charge is 2.16. The monoisotopic (exact) mass is 345 g/mol. The van der Waals surface area contributed by atoms with E-state index in [4.69, 9.17) is 5.84 Å². The number of pyridine rings is 1. The van der Waals surface area contributed by atoms with Crippen molar-refractivity contribution in [3.63, 3.8) is 0 Å². The van der Waals surface area contributed by atoms with E-state index in [1.807, 2.05) is 37.5 Å². The molecule has 3 aromatic rings. The maximum Gasteiger partial charge on any atom is 0.111 e. The molecule has 0 amide bonds. The molecule has 3 rings (SSSR count). The van der Waals surface area contributed by atoms with Gasteiger partial charge < -0.3 is 4.57 Å². The maximum atomic E-state index is 5.72. The fraction of sp³-hybridized carbons (Fsp3) is 0.200. The molecule has 21 heavy (non-hydrogen) atoms. The van der Waals surface area contributed by atoms with E-state index in [1.165, 1.54) is 0 Å². The Balaban J connectivity index is 1.94. The van der Waals surface area contributed by atoms with Gasteiger partial charge in [-0.15, -0.1) is 0 Å². The average Bonchev–Trinajstić information content (AvgIpc) is 2.81. The summed E-state index contributed by atoms with van der Waals surface area (Å²) in [6.07, 6.45) is 4.27. The Hall–Kier alpha value is -1.76. The van der Waals surface area contributed by atoms with Gasteiger partial charge in [-0.3, -0.25) is 16.3 Å². The standard InChI is InChI=1S/C15H16BrN5/c1-21-14-5-3-2-4-12(14)19-15(21)7-13(20-17)10-6-11(16)9-18-8-10/h2-6,8-9,13,20H,7,17H2,1H3. The number of nitrogens with two attached hydrogens (primary N) is 1. The van der Waals surface area contributed by atoms with Gasteiger partial charge >= 0.3 is 0 Å². The first-order chi connectivity index (χ1) is 10.2. The predicted octanol–water partition coefficient (Wildman–Crippen LogP) is 2.48.